The number of hydrogen-bond donors (Lipinski definition) is 3. The lowest BCUT2D eigenvalue weighted by Crippen LogP contribution is -2.07. The minimum atomic E-state index is -0.758. The van der Waals surface area contributed by atoms with Crippen LogP contribution in [-0.4, -0.2) is 41.6 Å². The third-order valence-corrected chi connectivity index (χ3v) is 4.43. The summed E-state index contributed by atoms with van der Waals surface area (Å²) in [5.74, 6) is -1.95. The average Bonchev–Trinajstić information content (AvgIpc) is 2.77. The van der Waals surface area contributed by atoms with Crippen molar-refractivity contribution >= 4 is 45.5 Å². The number of aromatic hydroxyl groups is 1. The number of phenolic OH excluding ortho intramolecular Hbond substituents is 1. The van der Waals surface area contributed by atoms with Crippen molar-refractivity contribution in [1.82, 2.24) is 0 Å². The van der Waals surface area contributed by atoms with Crippen LogP contribution in [0.3, 0.4) is 0 Å². The molecule has 0 atom stereocenters. The summed E-state index contributed by atoms with van der Waals surface area (Å²) in [5, 5.41) is 31.9. The van der Waals surface area contributed by atoms with Crippen molar-refractivity contribution in [1.29, 1.82) is 0 Å². The maximum Gasteiger partial charge on any atom is 0.337 e. The van der Waals surface area contributed by atoms with E-state index in [0.717, 1.165) is 0 Å². The highest BCUT2D eigenvalue weighted by Gasteiger charge is 2.17. The van der Waals surface area contributed by atoms with Crippen LogP contribution in [0, 0.1) is 0 Å². The summed E-state index contributed by atoms with van der Waals surface area (Å²) < 4.78 is 4.68. The summed E-state index contributed by atoms with van der Waals surface area (Å²) in [6, 6.07) is 12.6. The van der Waals surface area contributed by atoms with Crippen LogP contribution in [0.1, 0.15) is 27.6 Å². The highest BCUT2D eigenvalue weighted by Crippen LogP contribution is 2.42. The van der Waals surface area contributed by atoms with E-state index < -0.39 is 18.4 Å². The fourth-order valence-electron chi connectivity index (χ4n) is 2.99. The summed E-state index contributed by atoms with van der Waals surface area (Å²) in [5.41, 5.74) is 0.394. The molecule has 0 fully saturated rings. The number of fused-ring (bicyclic) bond motifs is 1. The van der Waals surface area contributed by atoms with Crippen molar-refractivity contribution in [3.8, 4) is 5.75 Å². The molecule has 0 aromatic heterocycles. The Morgan fingerprint density at radius 3 is 2.48 bits per heavy atom. The smallest absolute Gasteiger partial charge is 0.337 e. The van der Waals surface area contributed by atoms with E-state index in [1.807, 2.05) is 0 Å². The van der Waals surface area contributed by atoms with Crippen LogP contribution in [0.15, 0.2) is 58.8 Å². The summed E-state index contributed by atoms with van der Waals surface area (Å²) >= 11 is 0. The van der Waals surface area contributed by atoms with Gasteiger partial charge in [-0.05, 0) is 29.7 Å². The number of aliphatic hydroxyl groups is 1. The quantitative estimate of drug-likeness (QED) is 0.239. The van der Waals surface area contributed by atoms with Gasteiger partial charge in [0.1, 0.15) is 12.3 Å². The van der Waals surface area contributed by atoms with E-state index in [1.165, 1.54) is 32.2 Å². The fraction of sp³-hybridized carbons (Fsp3) is 0.136. The van der Waals surface area contributed by atoms with Gasteiger partial charge in [-0.15, -0.1) is 10.2 Å². The number of ether oxygens (including phenoxy) is 1. The molecule has 0 saturated carbocycles. The van der Waals surface area contributed by atoms with Gasteiger partial charge in [0, 0.05) is 17.9 Å². The second kappa shape index (κ2) is 9.14. The lowest BCUT2D eigenvalue weighted by Gasteiger charge is -2.11. The molecule has 3 N–H and O–H groups in total. The third-order valence-electron chi connectivity index (χ3n) is 4.43. The Hall–Kier alpha value is -4.11. The Morgan fingerprint density at radius 2 is 1.81 bits per heavy atom. The Bertz CT molecular complexity index is 1220. The van der Waals surface area contributed by atoms with Crippen molar-refractivity contribution in [3.05, 3.63) is 59.7 Å². The molecule has 1 amide bonds. The number of aliphatic hydroxyl groups excluding tert-OH is 1. The minimum absolute atomic E-state index is 0.00959. The van der Waals surface area contributed by atoms with Crippen LogP contribution >= 0.6 is 0 Å². The number of phenols is 1. The molecule has 0 saturated heterocycles. The number of esters is 1. The maximum atomic E-state index is 12.1. The van der Waals surface area contributed by atoms with Crippen molar-refractivity contribution in [2.75, 3.05) is 19.0 Å². The molecule has 9 nitrogen and oxygen atoms in total. The molecule has 0 unspecified atom stereocenters. The van der Waals surface area contributed by atoms with Gasteiger partial charge in [0.05, 0.1) is 24.0 Å². The van der Waals surface area contributed by atoms with Crippen molar-refractivity contribution < 1.29 is 29.3 Å². The first-order chi connectivity index (χ1) is 14.8. The molecule has 158 valence electrons. The fourth-order valence-corrected chi connectivity index (χ4v) is 2.99. The largest absolute Gasteiger partial charge is 0.504 e. The molecule has 0 heterocycles. The molecule has 3 rings (SSSR count). The van der Waals surface area contributed by atoms with E-state index in [4.69, 9.17) is 0 Å². The highest BCUT2D eigenvalue weighted by atomic mass is 16.5. The summed E-state index contributed by atoms with van der Waals surface area (Å²) in [6.07, 6.45) is 0. The summed E-state index contributed by atoms with van der Waals surface area (Å²) in [7, 11) is 1.22. The zero-order valence-electron chi connectivity index (χ0n) is 16.7. The van der Waals surface area contributed by atoms with Crippen LogP contribution in [-0.2, 0) is 9.53 Å². The molecule has 3 aromatic carbocycles. The second-order valence-electron chi connectivity index (χ2n) is 6.53. The number of nitrogens with one attached hydrogen (secondary N) is 1. The summed E-state index contributed by atoms with van der Waals surface area (Å²) in [4.78, 5) is 35.4. The van der Waals surface area contributed by atoms with Crippen LogP contribution in [0.4, 0.5) is 17.1 Å². The van der Waals surface area contributed by atoms with E-state index in [2.05, 4.69) is 20.3 Å². The van der Waals surface area contributed by atoms with Gasteiger partial charge in [0.15, 0.2) is 11.5 Å². The summed E-state index contributed by atoms with van der Waals surface area (Å²) in [6.45, 7) is 0.549. The number of amides is 1. The number of azo groups is 1. The number of ketones is 1. The number of hydrogen-bond acceptors (Lipinski definition) is 8. The number of carbonyl (C=O) groups excluding carboxylic acids is 3. The SMILES string of the molecule is COC(=O)c1ccc(C(=O)CO)c(/N=N/c2c(O)c(NC(C)=O)cc3ccccc23)c1. The second-order valence-corrected chi connectivity index (χ2v) is 6.53. The first kappa shape index (κ1) is 21.6. The Balaban J connectivity index is 2.19. The van der Waals surface area contributed by atoms with Crippen LogP contribution < -0.4 is 5.32 Å². The monoisotopic (exact) mass is 421 g/mol. The number of nitrogens with zero attached hydrogens (tertiary/aromatic N) is 2. The first-order valence-electron chi connectivity index (χ1n) is 9.16. The maximum absolute atomic E-state index is 12.1. The van der Waals surface area contributed by atoms with E-state index in [1.54, 1.807) is 30.3 Å². The van der Waals surface area contributed by atoms with Crippen molar-refractivity contribution in [3.63, 3.8) is 0 Å². The molecule has 0 aliphatic carbocycles. The van der Waals surface area contributed by atoms with Crippen LogP contribution in [0.5, 0.6) is 5.75 Å². The van der Waals surface area contributed by atoms with E-state index in [9.17, 15) is 24.6 Å². The lowest BCUT2D eigenvalue weighted by molar-refractivity contribution is -0.114. The van der Waals surface area contributed by atoms with Crippen LogP contribution in [0.2, 0.25) is 0 Å². The van der Waals surface area contributed by atoms with Crippen LogP contribution in [0.25, 0.3) is 10.8 Å². The number of methoxy groups -OCH3 is 1. The van der Waals surface area contributed by atoms with Crippen molar-refractivity contribution in [2.24, 2.45) is 10.2 Å². The molecular formula is C22H19N3O6. The Kier molecular flexibility index (Phi) is 6.37. The Morgan fingerprint density at radius 1 is 1.06 bits per heavy atom. The van der Waals surface area contributed by atoms with Gasteiger partial charge in [0.2, 0.25) is 5.91 Å². The highest BCUT2D eigenvalue weighted by molar-refractivity contribution is 6.04. The number of carbonyl (C=O) groups is 3. The first-order valence-corrected chi connectivity index (χ1v) is 9.16. The average molecular weight is 421 g/mol. The standard InChI is InChI=1S/C22H19N3O6/c1-12(27)23-18-9-13-5-3-4-6-15(13)20(21(18)29)25-24-17-10-14(22(30)31-2)7-8-16(17)19(28)11-26/h3-10,26,29H,11H2,1-2H3,(H,23,27)/b25-24+. The molecule has 0 radical (unpaired) electrons. The van der Waals surface area contributed by atoms with E-state index >= 15 is 0 Å². The molecule has 0 bridgehead atoms. The zero-order chi connectivity index (χ0) is 22.5. The van der Waals surface area contributed by atoms with Gasteiger partial charge in [-0.1, -0.05) is 24.3 Å². The molecule has 9 heteroatoms. The predicted molar refractivity (Wildman–Crippen MR) is 113 cm³/mol. The van der Waals surface area contributed by atoms with Crippen molar-refractivity contribution in [2.45, 2.75) is 6.92 Å². The zero-order valence-corrected chi connectivity index (χ0v) is 16.7. The number of Topliss-reactive ketones (excluding diaryl/α,β-unsaturated/α-hetero) is 1. The van der Waals surface area contributed by atoms with Gasteiger partial charge in [-0.3, -0.25) is 9.59 Å². The lowest BCUT2D eigenvalue weighted by atomic mass is 10.1. The topological polar surface area (TPSA) is 138 Å². The van der Waals surface area contributed by atoms with Gasteiger partial charge >= 0.3 is 5.97 Å². The minimum Gasteiger partial charge on any atom is -0.504 e. The van der Waals surface area contributed by atoms with Gasteiger partial charge in [0.25, 0.3) is 0 Å². The molecular weight excluding hydrogens is 402 g/mol. The normalized spacial score (nSPS) is 10.9. The van der Waals surface area contributed by atoms with Gasteiger partial charge in [-0.25, -0.2) is 4.79 Å². The van der Waals surface area contributed by atoms with E-state index in [0.29, 0.717) is 10.8 Å². The van der Waals surface area contributed by atoms with Gasteiger partial charge < -0.3 is 20.3 Å². The molecule has 0 aliphatic rings. The third kappa shape index (κ3) is 4.57. The molecule has 0 spiro atoms. The molecule has 0 aliphatic heterocycles. The molecule has 31 heavy (non-hydrogen) atoms. The number of rotatable bonds is 6. The Labute approximate surface area is 177 Å². The van der Waals surface area contributed by atoms with Gasteiger partial charge in [-0.2, -0.15) is 0 Å². The molecule has 3 aromatic rings. The number of anilines is 1. The predicted octanol–water partition coefficient (Wildman–Crippen LogP) is 3.88. The number of benzene rings is 3. The van der Waals surface area contributed by atoms with E-state index in [-0.39, 0.29) is 39.8 Å².